The molecule has 1 aromatic rings. The van der Waals surface area contributed by atoms with Gasteiger partial charge in [0.1, 0.15) is 0 Å². The third kappa shape index (κ3) is 5.55. The lowest BCUT2D eigenvalue weighted by molar-refractivity contribution is -0.116. The highest BCUT2D eigenvalue weighted by Crippen LogP contribution is 2.27. The first-order valence-electron chi connectivity index (χ1n) is 8.84. The van der Waals surface area contributed by atoms with Crippen LogP contribution in [-0.2, 0) is 16.1 Å². The molecule has 128 valence electrons. The van der Waals surface area contributed by atoms with Crippen LogP contribution < -0.4 is 5.32 Å². The van der Waals surface area contributed by atoms with Crippen molar-refractivity contribution in [3.05, 3.63) is 11.1 Å². The van der Waals surface area contributed by atoms with Gasteiger partial charge in [0.2, 0.25) is 5.91 Å². The molecule has 1 aromatic heterocycles. The first-order valence-corrected chi connectivity index (χ1v) is 9.72. The van der Waals surface area contributed by atoms with Crippen molar-refractivity contribution >= 4 is 22.4 Å². The van der Waals surface area contributed by atoms with E-state index in [1.165, 1.54) is 43.4 Å². The van der Waals surface area contributed by atoms with Gasteiger partial charge in [-0.1, -0.05) is 32.1 Å². The average Bonchev–Trinajstić information content (AvgIpc) is 3.02. The molecular weight excluding hydrogens is 310 g/mol. The number of hydrogen-bond donors (Lipinski definition) is 1. The van der Waals surface area contributed by atoms with Crippen LogP contribution in [0.1, 0.15) is 50.6 Å². The Morgan fingerprint density at radius 1 is 1.30 bits per heavy atom. The van der Waals surface area contributed by atoms with Crippen molar-refractivity contribution in [2.24, 2.45) is 5.92 Å². The molecule has 2 heterocycles. The smallest absolute Gasteiger partial charge is 0.226 e. The summed E-state index contributed by atoms with van der Waals surface area (Å²) in [5.41, 5.74) is 1.04. The molecule has 0 bridgehead atoms. The molecule has 0 spiro atoms. The summed E-state index contributed by atoms with van der Waals surface area (Å²) in [6, 6.07) is 0. The predicted octanol–water partition coefficient (Wildman–Crippen LogP) is 3.27. The van der Waals surface area contributed by atoms with Crippen LogP contribution >= 0.6 is 11.3 Å². The van der Waals surface area contributed by atoms with Crippen molar-refractivity contribution in [1.29, 1.82) is 0 Å². The lowest BCUT2D eigenvalue weighted by atomic mass is 9.86. The lowest BCUT2D eigenvalue weighted by Crippen LogP contribution is -2.35. The Kier molecular flexibility index (Phi) is 6.42. The summed E-state index contributed by atoms with van der Waals surface area (Å²) in [6.45, 7) is 4.36. The highest BCUT2D eigenvalue weighted by molar-refractivity contribution is 7.13. The van der Waals surface area contributed by atoms with E-state index in [1.54, 1.807) is 0 Å². The van der Waals surface area contributed by atoms with Gasteiger partial charge in [-0.2, -0.15) is 0 Å². The molecule has 0 radical (unpaired) electrons. The predicted molar refractivity (Wildman–Crippen MR) is 92.6 cm³/mol. The Hall–Kier alpha value is -0.980. The van der Waals surface area contributed by atoms with Crippen molar-refractivity contribution in [2.45, 2.75) is 51.5 Å². The van der Waals surface area contributed by atoms with Crippen LogP contribution in [0.3, 0.4) is 0 Å². The zero-order valence-corrected chi connectivity index (χ0v) is 14.6. The number of rotatable bonds is 6. The SMILES string of the molecule is O=C(CCC1CCCCC1)Nc1nc(CN2CCOCC2)cs1. The third-order valence-corrected chi connectivity index (χ3v) is 5.60. The summed E-state index contributed by atoms with van der Waals surface area (Å²) in [5, 5.41) is 5.75. The van der Waals surface area contributed by atoms with Crippen molar-refractivity contribution in [3.63, 3.8) is 0 Å². The van der Waals surface area contributed by atoms with Gasteiger partial charge in [0.25, 0.3) is 0 Å². The topological polar surface area (TPSA) is 54.5 Å². The Morgan fingerprint density at radius 3 is 2.87 bits per heavy atom. The first-order chi connectivity index (χ1) is 11.3. The average molecular weight is 337 g/mol. The zero-order chi connectivity index (χ0) is 15.9. The Morgan fingerprint density at radius 2 is 2.09 bits per heavy atom. The molecule has 3 rings (SSSR count). The molecule has 0 atom stereocenters. The molecule has 2 fully saturated rings. The first kappa shape index (κ1) is 16.9. The van der Waals surface area contributed by atoms with Gasteiger partial charge in [0.15, 0.2) is 5.13 Å². The van der Waals surface area contributed by atoms with E-state index in [0.717, 1.165) is 56.0 Å². The van der Waals surface area contributed by atoms with E-state index in [4.69, 9.17) is 4.74 Å². The van der Waals surface area contributed by atoms with Crippen LogP contribution in [0, 0.1) is 5.92 Å². The number of nitrogens with zero attached hydrogens (tertiary/aromatic N) is 2. The molecule has 1 saturated carbocycles. The normalized spacial score (nSPS) is 20.5. The minimum Gasteiger partial charge on any atom is -0.379 e. The standard InChI is InChI=1S/C17H27N3O2S/c21-16(7-6-14-4-2-1-3-5-14)19-17-18-15(13-23-17)12-20-8-10-22-11-9-20/h13-14H,1-12H2,(H,18,19,21). The molecule has 1 amide bonds. The lowest BCUT2D eigenvalue weighted by Gasteiger charge is -2.25. The Labute approximate surface area is 142 Å². The molecule has 0 unspecified atom stereocenters. The van der Waals surface area contributed by atoms with Gasteiger partial charge in [-0.3, -0.25) is 9.69 Å². The number of amides is 1. The largest absolute Gasteiger partial charge is 0.379 e. The van der Waals surface area contributed by atoms with E-state index in [9.17, 15) is 4.79 Å². The number of anilines is 1. The van der Waals surface area contributed by atoms with Crippen LogP contribution in [0.4, 0.5) is 5.13 Å². The van der Waals surface area contributed by atoms with E-state index in [0.29, 0.717) is 6.42 Å². The van der Waals surface area contributed by atoms with Gasteiger partial charge in [-0.05, 0) is 12.3 Å². The van der Waals surface area contributed by atoms with E-state index in [1.807, 2.05) is 5.38 Å². The number of ether oxygens (including phenoxy) is 1. The van der Waals surface area contributed by atoms with Crippen molar-refractivity contribution in [2.75, 3.05) is 31.6 Å². The van der Waals surface area contributed by atoms with Crippen LogP contribution in [0.15, 0.2) is 5.38 Å². The number of aromatic nitrogens is 1. The zero-order valence-electron chi connectivity index (χ0n) is 13.8. The molecule has 23 heavy (non-hydrogen) atoms. The van der Waals surface area contributed by atoms with Crippen molar-refractivity contribution < 1.29 is 9.53 Å². The highest BCUT2D eigenvalue weighted by atomic mass is 32.1. The van der Waals surface area contributed by atoms with E-state index >= 15 is 0 Å². The quantitative estimate of drug-likeness (QED) is 0.865. The summed E-state index contributed by atoms with van der Waals surface area (Å²) in [4.78, 5) is 19.0. The van der Waals surface area contributed by atoms with E-state index < -0.39 is 0 Å². The number of carbonyl (C=O) groups excluding carboxylic acids is 1. The molecule has 1 aliphatic carbocycles. The monoisotopic (exact) mass is 337 g/mol. The molecular formula is C17H27N3O2S. The summed E-state index contributed by atoms with van der Waals surface area (Å²) >= 11 is 1.53. The van der Waals surface area contributed by atoms with Gasteiger partial charge in [-0.15, -0.1) is 11.3 Å². The molecule has 5 nitrogen and oxygen atoms in total. The summed E-state index contributed by atoms with van der Waals surface area (Å²) in [6.07, 6.45) is 8.30. The van der Waals surface area contributed by atoms with Crippen LogP contribution in [0.5, 0.6) is 0 Å². The second-order valence-electron chi connectivity index (χ2n) is 6.62. The van der Waals surface area contributed by atoms with Gasteiger partial charge in [0.05, 0.1) is 18.9 Å². The number of morpholine rings is 1. The molecule has 1 aliphatic heterocycles. The third-order valence-electron chi connectivity index (χ3n) is 4.79. The molecule has 6 heteroatoms. The fraction of sp³-hybridized carbons (Fsp3) is 0.765. The second kappa shape index (κ2) is 8.76. The summed E-state index contributed by atoms with van der Waals surface area (Å²) in [5.74, 6) is 0.866. The van der Waals surface area contributed by atoms with Crippen molar-refractivity contribution in [3.8, 4) is 0 Å². The number of thiazole rings is 1. The highest BCUT2D eigenvalue weighted by Gasteiger charge is 2.16. The Bertz CT molecular complexity index is 494. The maximum Gasteiger partial charge on any atom is 0.226 e. The van der Waals surface area contributed by atoms with Crippen LogP contribution in [0.25, 0.3) is 0 Å². The van der Waals surface area contributed by atoms with Crippen LogP contribution in [0.2, 0.25) is 0 Å². The number of hydrogen-bond acceptors (Lipinski definition) is 5. The fourth-order valence-electron chi connectivity index (χ4n) is 3.42. The summed E-state index contributed by atoms with van der Waals surface area (Å²) < 4.78 is 5.36. The molecule has 1 saturated heterocycles. The number of carbonyl (C=O) groups is 1. The van der Waals surface area contributed by atoms with Crippen LogP contribution in [-0.4, -0.2) is 42.1 Å². The van der Waals surface area contributed by atoms with E-state index in [2.05, 4.69) is 15.2 Å². The second-order valence-corrected chi connectivity index (χ2v) is 7.48. The molecule has 0 aromatic carbocycles. The molecule has 2 aliphatic rings. The minimum atomic E-state index is 0.114. The maximum atomic E-state index is 12.1. The molecule has 1 N–H and O–H groups in total. The Balaban J connectivity index is 1.39. The van der Waals surface area contributed by atoms with Gasteiger partial charge < -0.3 is 10.1 Å². The fourth-order valence-corrected chi connectivity index (χ4v) is 4.14. The summed E-state index contributed by atoms with van der Waals surface area (Å²) in [7, 11) is 0. The van der Waals surface area contributed by atoms with Gasteiger partial charge in [0, 0.05) is 31.4 Å². The van der Waals surface area contributed by atoms with Gasteiger partial charge >= 0.3 is 0 Å². The van der Waals surface area contributed by atoms with Crippen molar-refractivity contribution in [1.82, 2.24) is 9.88 Å². The van der Waals surface area contributed by atoms with E-state index in [-0.39, 0.29) is 5.91 Å². The minimum absolute atomic E-state index is 0.114. The maximum absolute atomic E-state index is 12.1. The van der Waals surface area contributed by atoms with Gasteiger partial charge in [-0.25, -0.2) is 4.98 Å². The number of nitrogens with one attached hydrogen (secondary N) is 1.